The molecule has 0 unspecified atom stereocenters. The van der Waals surface area contributed by atoms with Crippen molar-refractivity contribution in [1.29, 1.82) is 0 Å². The first-order valence-corrected chi connectivity index (χ1v) is 7.74. The number of hydrogen-bond donors (Lipinski definition) is 1. The Balaban J connectivity index is 1.71. The highest BCUT2D eigenvalue weighted by Gasteiger charge is 2.25. The number of esters is 1. The van der Waals surface area contributed by atoms with Gasteiger partial charge in [-0.15, -0.1) is 0 Å². The summed E-state index contributed by atoms with van der Waals surface area (Å²) in [6, 6.07) is 2.39. The van der Waals surface area contributed by atoms with Crippen LogP contribution in [0.5, 0.6) is 0 Å². The van der Waals surface area contributed by atoms with Crippen molar-refractivity contribution in [1.82, 2.24) is 4.98 Å². The van der Waals surface area contributed by atoms with Gasteiger partial charge in [0.2, 0.25) is 5.88 Å². The number of benzene rings is 1. The summed E-state index contributed by atoms with van der Waals surface area (Å²) in [4.78, 5) is 15.4. The summed E-state index contributed by atoms with van der Waals surface area (Å²) in [5, 5.41) is 3.37. The fourth-order valence-corrected chi connectivity index (χ4v) is 3.60. The van der Waals surface area contributed by atoms with E-state index in [1.807, 2.05) is 0 Å². The predicted molar refractivity (Wildman–Crippen MR) is 81.6 cm³/mol. The van der Waals surface area contributed by atoms with Crippen LogP contribution in [0.3, 0.4) is 0 Å². The Labute approximate surface area is 128 Å². The van der Waals surface area contributed by atoms with Crippen LogP contribution in [-0.2, 0) is 30.4 Å². The smallest absolute Gasteiger partial charge is 0.394 e. The number of methoxy groups -OCH3 is 1. The molecule has 0 spiro atoms. The minimum atomic E-state index is -0.559. The maximum atomic E-state index is 11.4. The number of anilines is 2. The fourth-order valence-electron chi connectivity index (χ4n) is 3.60. The lowest BCUT2D eigenvalue weighted by atomic mass is 9.99. The number of aromatic nitrogens is 1. The molecule has 5 nitrogen and oxygen atoms in total. The average molecular weight is 298 g/mol. The average Bonchev–Trinajstić information content (AvgIpc) is 3.25. The largest absolute Gasteiger partial charge is 0.462 e. The van der Waals surface area contributed by atoms with E-state index in [9.17, 15) is 4.79 Å². The van der Waals surface area contributed by atoms with Crippen molar-refractivity contribution in [3.63, 3.8) is 0 Å². The number of oxazole rings is 1. The number of carbonyl (C=O) groups is 1. The molecule has 0 amide bonds. The molecule has 1 aromatic heterocycles. The van der Waals surface area contributed by atoms with Gasteiger partial charge >= 0.3 is 11.9 Å². The van der Waals surface area contributed by atoms with Gasteiger partial charge in [-0.3, -0.25) is 0 Å². The van der Waals surface area contributed by atoms with Gasteiger partial charge in [0.05, 0.1) is 13.3 Å². The van der Waals surface area contributed by atoms with Crippen LogP contribution in [0.4, 0.5) is 11.6 Å². The SMILES string of the molecule is COC(=O)c1ncc(Nc2c3c(cc4c2CCC4)CCC3)o1. The Morgan fingerprint density at radius 2 is 1.86 bits per heavy atom. The van der Waals surface area contributed by atoms with E-state index in [1.54, 1.807) is 6.20 Å². The van der Waals surface area contributed by atoms with Crippen LogP contribution in [0.2, 0.25) is 0 Å². The molecule has 0 aliphatic heterocycles. The molecule has 0 fully saturated rings. The van der Waals surface area contributed by atoms with Gasteiger partial charge < -0.3 is 14.5 Å². The van der Waals surface area contributed by atoms with E-state index in [1.165, 1.54) is 47.9 Å². The van der Waals surface area contributed by atoms with Crippen molar-refractivity contribution >= 4 is 17.5 Å². The zero-order valence-electron chi connectivity index (χ0n) is 12.6. The number of rotatable bonds is 3. The van der Waals surface area contributed by atoms with Gasteiger partial charge in [-0.1, -0.05) is 6.07 Å². The van der Waals surface area contributed by atoms with E-state index in [0.717, 1.165) is 25.7 Å². The molecule has 1 aromatic carbocycles. The second-order valence-electron chi connectivity index (χ2n) is 5.88. The molecule has 114 valence electrons. The summed E-state index contributed by atoms with van der Waals surface area (Å²) >= 11 is 0. The molecule has 0 saturated carbocycles. The van der Waals surface area contributed by atoms with Crippen LogP contribution in [0.25, 0.3) is 0 Å². The van der Waals surface area contributed by atoms with Crippen LogP contribution in [0.1, 0.15) is 45.8 Å². The first-order chi connectivity index (χ1) is 10.8. The van der Waals surface area contributed by atoms with Crippen molar-refractivity contribution < 1.29 is 13.9 Å². The number of ether oxygens (including phenoxy) is 1. The van der Waals surface area contributed by atoms with Crippen LogP contribution in [0.15, 0.2) is 16.7 Å². The van der Waals surface area contributed by atoms with Crippen LogP contribution in [-0.4, -0.2) is 18.1 Å². The molecule has 0 atom stereocenters. The third-order valence-electron chi connectivity index (χ3n) is 4.59. The fraction of sp³-hybridized carbons (Fsp3) is 0.412. The van der Waals surface area contributed by atoms with Gasteiger partial charge in [-0.2, -0.15) is 0 Å². The molecule has 22 heavy (non-hydrogen) atoms. The number of fused-ring (bicyclic) bond motifs is 2. The van der Waals surface area contributed by atoms with E-state index in [2.05, 4.69) is 21.1 Å². The van der Waals surface area contributed by atoms with Crippen LogP contribution in [0, 0.1) is 0 Å². The van der Waals surface area contributed by atoms with E-state index in [4.69, 9.17) is 4.42 Å². The lowest BCUT2D eigenvalue weighted by Gasteiger charge is -2.15. The number of aryl methyl sites for hydroxylation is 2. The predicted octanol–water partition coefficient (Wildman–Crippen LogP) is 3.18. The van der Waals surface area contributed by atoms with E-state index in [-0.39, 0.29) is 5.89 Å². The third kappa shape index (κ3) is 2.08. The van der Waals surface area contributed by atoms with E-state index >= 15 is 0 Å². The highest BCUT2D eigenvalue weighted by atomic mass is 16.5. The molecule has 2 aromatic rings. The Bertz CT molecular complexity index is 716. The third-order valence-corrected chi connectivity index (χ3v) is 4.59. The first kappa shape index (κ1) is 13.4. The van der Waals surface area contributed by atoms with Crippen LogP contribution < -0.4 is 5.32 Å². The highest BCUT2D eigenvalue weighted by molar-refractivity contribution is 5.84. The summed E-state index contributed by atoms with van der Waals surface area (Å²) in [5.74, 6) is -0.0828. The van der Waals surface area contributed by atoms with Gasteiger partial charge in [0, 0.05) is 5.69 Å². The van der Waals surface area contributed by atoms with Gasteiger partial charge in [0.25, 0.3) is 0 Å². The van der Waals surface area contributed by atoms with Crippen molar-refractivity contribution in [2.24, 2.45) is 0 Å². The Hall–Kier alpha value is -2.30. The summed E-state index contributed by atoms with van der Waals surface area (Å²) in [7, 11) is 1.32. The maximum absolute atomic E-state index is 11.4. The molecular weight excluding hydrogens is 280 g/mol. The molecule has 5 heteroatoms. The lowest BCUT2D eigenvalue weighted by molar-refractivity contribution is 0.0557. The minimum absolute atomic E-state index is 0.0192. The number of hydrogen-bond acceptors (Lipinski definition) is 5. The van der Waals surface area contributed by atoms with Crippen LogP contribution >= 0.6 is 0 Å². The van der Waals surface area contributed by atoms with Gasteiger partial charge in [0.15, 0.2) is 0 Å². The molecule has 0 saturated heterocycles. The summed E-state index contributed by atoms with van der Waals surface area (Å²) in [6.45, 7) is 0. The normalized spacial score (nSPS) is 15.5. The van der Waals surface area contributed by atoms with E-state index in [0.29, 0.717) is 5.88 Å². The first-order valence-electron chi connectivity index (χ1n) is 7.74. The minimum Gasteiger partial charge on any atom is -0.462 e. The maximum Gasteiger partial charge on any atom is 0.394 e. The molecule has 2 aliphatic rings. The van der Waals surface area contributed by atoms with Gasteiger partial charge in [0.1, 0.15) is 0 Å². The quantitative estimate of drug-likeness (QED) is 0.882. The standard InChI is InChI=1S/C17H18N2O3/c1-21-17(20)16-18-9-14(22-16)19-15-12-6-2-4-10(12)8-11-5-3-7-13(11)15/h8-9,19H,2-7H2,1H3. The monoisotopic (exact) mass is 298 g/mol. The molecule has 1 heterocycles. The van der Waals surface area contributed by atoms with Gasteiger partial charge in [-0.25, -0.2) is 9.78 Å². The number of carbonyl (C=O) groups excluding carboxylic acids is 1. The number of nitrogens with zero attached hydrogens (tertiary/aromatic N) is 1. The van der Waals surface area contributed by atoms with Crippen molar-refractivity contribution in [3.8, 4) is 0 Å². The van der Waals surface area contributed by atoms with Crippen molar-refractivity contribution in [3.05, 3.63) is 40.4 Å². The van der Waals surface area contributed by atoms with Gasteiger partial charge in [-0.05, 0) is 60.8 Å². The molecule has 2 aliphatic carbocycles. The van der Waals surface area contributed by atoms with Crippen molar-refractivity contribution in [2.75, 3.05) is 12.4 Å². The van der Waals surface area contributed by atoms with Crippen molar-refractivity contribution in [2.45, 2.75) is 38.5 Å². The topological polar surface area (TPSA) is 64.4 Å². The van der Waals surface area contributed by atoms with E-state index < -0.39 is 5.97 Å². The molecule has 4 rings (SSSR count). The summed E-state index contributed by atoms with van der Waals surface area (Å²) < 4.78 is 10.1. The Kier molecular flexibility index (Phi) is 3.13. The summed E-state index contributed by atoms with van der Waals surface area (Å²) in [6.07, 6.45) is 8.46. The lowest BCUT2D eigenvalue weighted by Crippen LogP contribution is -2.02. The molecular formula is C17H18N2O3. The molecule has 0 radical (unpaired) electrons. The molecule has 1 N–H and O–H groups in total. The zero-order chi connectivity index (χ0) is 15.1. The Morgan fingerprint density at radius 3 is 2.50 bits per heavy atom. The highest BCUT2D eigenvalue weighted by Crippen LogP contribution is 2.39. The summed E-state index contributed by atoms with van der Waals surface area (Å²) in [5.41, 5.74) is 6.88. The Morgan fingerprint density at radius 1 is 1.18 bits per heavy atom. The number of nitrogens with one attached hydrogen (secondary N) is 1. The molecule has 0 bridgehead atoms. The second-order valence-corrected chi connectivity index (χ2v) is 5.88. The second kappa shape index (κ2) is 5.16. The zero-order valence-corrected chi connectivity index (χ0v) is 12.6.